The van der Waals surface area contributed by atoms with Crippen LogP contribution in [0.1, 0.15) is 33.3 Å². The molecule has 0 saturated carbocycles. The monoisotopic (exact) mass is 378 g/mol. The predicted octanol–water partition coefficient (Wildman–Crippen LogP) is 3.45. The van der Waals surface area contributed by atoms with Crippen molar-refractivity contribution in [2.24, 2.45) is 0 Å². The first-order valence-corrected chi connectivity index (χ1v) is 8.61. The van der Waals surface area contributed by atoms with Gasteiger partial charge in [0.1, 0.15) is 29.5 Å². The standard InChI is InChI=1S/C21H18N2O5/c1-2-27-20-9-8-16(23-17(20)12-25)21-14(5-4-10-22-21)13-28-19-7-3-6-18(26)15(19)11-24/h3-12,26H,2,13H2,1H3. The van der Waals surface area contributed by atoms with Crippen LogP contribution in [0.3, 0.4) is 0 Å². The van der Waals surface area contributed by atoms with E-state index >= 15 is 0 Å². The molecule has 0 spiro atoms. The Kier molecular flexibility index (Phi) is 5.96. The maximum Gasteiger partial charge on any atom is 0.172 e. The van der Waals surface area contributed by atoms with E-state index in [1.54, 1.807) is 36.5 Å². The summed E-state index contributed by atoms with van der Waals surface area (Å²) in [5.74, 6) is 0.520. The minimum absolute atomic E-state index is 0.0790. The van der Waals surface area contributed by atoms with Crippen LogP contribution in [-0.2, 0) is 6.61 Å². The number of aromatic hydroxyl groups is 1. The zero-order valence-corrected chi connectivity index (χ0v) is 15.2. The third-order valence-electron chi connectivity index (χ3n) is 3.98. The lowest BCUT2D eigenvalue weighted by atomic mass is 10.1. The number of pyridine rings is 2. The first kappa shape index (κ1) is 19.0. The quantitative estimate of drug-likeness (QED) is 0.599. The van der Waals surface area contributed by atoms with E-state index in [0.717, 1.165) is 0 Å². The number of phenols is 1. The van der Waals surface area contributed by atoms with Gasteiger partial charge in [-0.2, -0.15) is 0 Å². The summed E-state index contributed by atoms with van der Waals surface area (Å²) in [6.07, 6.45) is 2.79. The lowest BCUT2D eigenvalue weighted by Crippen LogP contribution is -2.04. The topological polar surface area (TPSA) is 98.6 Å². The van der Waals surface area contributed by atoms with E-state index in [4.69, 9.17) is 9.47 Å². The summed E-state index contributed by atoms with van der Waals surface area (Å²) >= 11 is 0. The lowest BCUT2D eigenvalue weighted by Gasteiger charge is -2.13. The molecule has 0 amide bonds. The van der Waals surface area contributed by atoms with Gasteiger partial charge >= 0.3 is 0 Å². The number of nitrogens with zero attached hydrogens (tertiary/aromatic N) is 2. The summed E-state index contributed by atoms with van der Waals surface area (Å²) in [4.78, 5) is 31.2. The number of rotatable bonds is 8. The third-order valence-corrected chi connectivity index (χ3v) is 3.98. The van der Waals surface area contributed by atoms with Crippen LogP contribution in [0.5, 0.6) is 17.2 Å². The Morgan fingerprint density at radius 1 is 1.00 bits per heavy atom. The van der Waals surface area contributed by atoms with E-state index in [-0.39, 0.29) is 29.4 Å². The normalized spacial score (nSPS) is 10.3. The van der Waals surface area contributed by atoms with Gasteiger partial charge in [-0.25, -0.2) is 4.98 Å². The Balaban J connectivity index is 1.91. The molecule has 0 radical (unpaired) electrons. The highest BCUT2D eigenvalue weighted by Gasteiger charge is 2.14. The molecule has 0 aliphatic heterocycles. The van der Waals surface area contributed by atoms with Crippen LogP contribution in [0.4, 0.5) is 0 Å². The van der Waals surface area contributed by atoms with Crippen LogP contribution in [0.2, 0.25) is 0 Å². The molecule has 1 aromatic carbocycles. The second kappa shape index (κ2) is 8.77. The van der Waals surface area contributed by atoms with Crippen molar-refractivity contribution in [1.82, 2.24) is 9.97 Å². The molecule has 0 fully saturated rings. The molecular formula is C21H18N2O5. The fourth-order valence-electron chi connectivity index (χ4n) is 2.67. The predicted molar refractivity (Wildman–Crippen MR) is 102 cm³/mol. The Hall–Kier alpha value is -3.74. The van der Waals surface area contributed by atoms with Gasteiger partial charge in [-0.15, -0.1) is 0 Å². The summed E-state index contributed by atoms with van der Waals surface area (Å²) in [6.45, 7) is 2.35. The maximum absolute atomic E-state index is 11.3. The molecule has 0 aliphatic rings. The van der Waals surface area contributed by atoms with Crippen LogP contribution >= 0.6 is 0 Å². The molecule has 1 N–H and O–H groups in total. The Morgan fingerprint density at radius 3 is 2.61 bits per heavy atom. The van der Waals surface area contributed by atoms with Crippen molar-refractivity contribution in [2.45, 2.75) is 13.5 Å². The van der Waals surface area contributed by atoms with Gasteiger partial charge in [-0.3, -0.25) is 14.6 Å². The van der Waals surface area contributed by atoms with Crippen LogP contribution in [0, 0.1) is 0 Å². The van der Waals surface area contributed by atoms with E-state index in [1.807, 2.05) is 13.0 Å². The van der Waals surface area contributed by atoms with Gasteiger partial charge in [0.15, 0.2) is 12.6 Å². The van der Waals surface area contributed by atoms with E-state index in [0.29, 0.717) is 41.9 Å². The van der Waals surface area contributed by atoms with Gasteiger partial charge < -0.3 is 14.6 Å². The average molecular weight is 378 g/mol. The van der Waals surface area contributed by atoms with E-state index < -0.39 is 0 Å². The zero-order valence-electron chi connectivity index (χ0n) is 15.2. The average Bonchev–Trinajstić information content (AvgIpc) is 2.73. The van der Waals surface area contributed by atoms with Crippen LogP contribution in [0.15, 0.2) is 48.7 Å². The summed E-state index contributed by atoms with van der Waals surface area (Å²) in [7, 11) is 0. The molecular weight excluding hydrogens is 360 g/mol. The number of aromatic nitrogens is 2. The number of hydrogen-bond acceptors (Lipinski definition) is 7. The summed E-state index contributed by atoms with van der Waals surface area (Å²) in [5, 5.41) is 9.77. The van der Waals surface area contributed by atoms with E-state index in [1.165, 1.54) is 6.07 Å². The van der Waals surface area contributed by atoms with Gasteiger partial charge in [0.25, 0.3) is 0 Å². The molecule has 142 valence electrons. The highest BCUT2D eigenvalue weighted by molar-refractivity contribution is 5.83. The van der Waals surface area contributed by atoms with Crippen LogP contribution in [-0.4, -0.2) is 34.3 Å². The van der Waals surface area contributed by atoms with Crippen molar-refractivity contribution in [3.8, 4) is 28.6 Å². The Bertz CT molecular complexity index is 1000. The molecule has 7 heteroatoms. The number of hydrogen-bond donors (Lipinski definition) is 1. The van der Waals surface area contributed by atoms with E-state index in [2.05, 4.69) is 9.97 Å². The Morgan fingerprint density at radius 2 is 1.86 bits per heavy atom. The van der Waals surface area contributed by atoms with Crippen molar-refractivity contribution in [3.05, 3.63) is 65.5 Å². The number of benzene rings is 1. The number of carbonyl (C=O) groups is 2. The molecule has 2 aromatic heterocycles. The summed E-state index contributed by atoms with van der Waals surface area (Å²) in [5.41, 5.74) is 2.01. The van der Waals surface area contributed by atoms with Crippen molar-refractivity contribution < 1.29 is 24.2 Å². The van der Waals surface area contributed by atoms with Gasteiger partial charge in [-0.1, -0.05) is 12.1 Å². The molecule has 0 unspecified atom stereocenters. The summed E-state index contributed by atoms with van der Waals surface area (Å²) in [6, 6.07) is 11.6. The van der Waals surface area contributed by atoms with Gasteiger partial charge in [0, 0.05) is 11.8 Å². The van der Waals surface area contributed by atoms with Gasteiger partial charge in [0.2, 0.25) is 0 Å². The molecule has 0 bridgehead atoms. The second-order valence-corrected chi connectivity index (χ2v) is 5.74. The molecule has 2 heterocycles. The molecule has 3 rings (SSSR count). The zero-order chi connectivity index (χ0) is 19.9. The smallest absolute Gasteiger partial charge is 0.172 e. The molecule has 0 aliphatic carbocycles. The van der Waals surface area contributed by atoms with Crippen LogP contribution in [0.25, 0.3) is 11.4 Å². The summed E-state index contributed by atoms with van der Waals surface area (Å²) < 4.78 is 11.1. The fourth-order valence-corrected chi connectivity index (χ4v) is 2.67. The van der Waals surface area contributed by atoms with Gasteiger partial charge in [-0.05, 0) is 37.3 Å². The van der Waals surface area contributed by atoms with Crippen molar-refractivity contribution in [1.29, 1.82) is 0 Å². The molecule has 0 atom stereocenters. The van der Waals surface area contributed by atoms with Crippen LogP contribution < -0.4 is 9.47 Å². The minimum Gasteiger partial charge on any atom is -0.507 e. The van der Waals surface area contributed by atoms with Crippen molar-refractivity contribution in [3.63, 3.8) is 0 Å². The first-order chi connectivity index (χ1) is 13.7. The number of ether oxygens (including phenoxy) is 2. The van der Waals surface area contributed by atoms with Gasteiger partial charge in [0.05, 0.1) is 23.6 Å². The Labute approximate surface area is 161 Å². The first-order valence-electron chi connectivity index (χ1n) is 8.61. The van der Waals surface area contributed by atoms with Crippen molar-refractivity contribution in [2.75, 3.05) is 6.61 Å². The molecule has 0 saturated heterocycles. The highest BCUT2D eigenvalue weighted by atomic mass is 16.5. The second-order valence-electron chi connectivity index (χ2n) is 5.74. The molecule has 7 nitrogen and oxygen atoms in total. The molecule has 28 heavy (non-hydrogen) atoms. The number of phenolic OH excluding ortho intramolecular Hbond substituents is 1. The van der Waals surface area contributed by atoms with Crippen molar-refractivity contribution >= 4 is 12.6 Å². The fraction of sp³-hybridized carbons (Fsp3) is 0.143. The maximum atomic E-state index is 11.3. The highest BCUT2D eigenvalue weighted by Crippen LogP contribution is 2.28. The third kappa shape index (κ3) is 3.98. The largest absolute Gasteiger partial charge is 0.507 e. The lowest BCUT2D eigenvalue weighted by molar-refractivity contribution is 0.110. The number of carbonyl (C=O) groups excluding carboxylic acids is 2. The molecule has 3 aromatic rings. The van der Waals surface area contributed by atoms with E-state index in [9.17, 15) is 14.7 Å². The minimum atomic E-state index is -0.150. The number of aldehydes is 2. The SMILES string of the molecule is CCOc1ccc(-c2ncccc2COc2cccc(O)c2C=O)nc1C=O.